The van der Waals surface area contributed by atoms with E-state index in [1.54, 1.807) is 30.3 Å². The van der Waals surface area contributed by atoms with Crippen molar-refractivity contribution in [2.24, 2.45) is 0 Å². The number of aliphatic hydroxyl groups excluding tert-OH is 1. The van der Waals surface area contributed by atoms with Gasteiger partial charge in [-0.05, 0) is 12.1 Å². The molecule has 0 heterocycles. The molecule has 0 bridgehead atoms. The summed E-state index contributed by atoms with van der Waals surface area (Å²) in [6.45, 7) is 2.49. The second-order valence-electron chi connectivity index (χ2n) is 3.41. The van der Waals surface area contributed by atoms with E-state index in [1.807, 2.05) is 0 Å². The van der Waals surface area contributed by atoms with Crippen LogP contribution >= 0.6 is 0 Å². The van der Waals surface area contributed by atoms with Crippen LogP contribution in [0.25, 0.3) is 0 Å². The van der Waals surface area contributed by atoms with E-state index in [4.69, 9.17) is 9.84 Å². The van der Waals surface area contributed by atoms with Crippen molar-refractivity contribution in [1.82, 2.24) is 0 Å². The first-order valence-electron chi connectivity index (χ1n) is 4.80. The number of ether oxygens (including phenoxy) is 1. The molecular formula is C12H14O4. The zero-order valence-electron chi connectivity index (χ0n) is 8.80. The highest BCUT2D eigenvalue weighted by molar-refractivity contribution is 5.89. The average molecular weight is 222 g/mol. The third kappa shape index (κ3) is 3.18. The van der Waals surface area contributed by atoms with Crippen LogP contribution in [-0.4, -0.2) is 35.0 Å². The first kappa shape index (κ1) is 12.4. The summed E-state index contributed by atoms with van der Waals surface area (Å²) in [6.07, 6.45) is 1.14. The Bertz CT molecular complexity index is 361. The van der Waals surface area contributed by atoms with Crippen molar-refractivity contribution in [2.75, 3.05) is 13.2 Å². The molecule has 0 fully saturated rings. The Kier molecular flexibility index (Phi) is 4.22. The molecule has 0 saturated carbocycles. The molecule has 16 heavy (non-hydrogen) atoms. The lowest BCUT2D eigenvalue weighted by Gasteiger charge is -2.20. The van der Waals surface area contributed by atoms with Crippen LogP contribution in [0, 0.1) is 0 Å². The summed E-state index contributed by atoms with van der Waals surface area (Å²) in [4.78, 5) is 11.5. The van der Waals surface area contributed by atoms with Gasteiger partial charge >= 0.3 is 5.97 Å². The van der Waals surface area contributed by atoms with E-state index in [-0.39, 0.29) is 6.61 Å². The predicted octanol–water partition coefficient (Wildman–Crippen LogP) is 0.753. The van der Waals surface area contributed by atoms with Crippen molar-refractivity contribution in [3.8, 4) is 0 Å². The Balaban J connectivity index is 2.57. The molecular weight excluding hydrogens is 208 g/mol. The second-order valence-corrected chi connectivity index (χ2v) is 3.41. The molecule has 1 aromatic rings. The second kappa shape index (κ2) is 5.44. The maximum Gasteiger partial charge on any atom is 0.338 e. The lowest BCUT2D eigenvalue weighted by molar-refractivity contribution is -0.0321. The van der Waals surface area contributed by atoms with Crippen LogP contribution in [0.4, 0.5) is 0 Å². The van der Waals surface area contributed by atoms with Gasteiger partial charge in [-0.25, -0.2) is 4.79 Å². The highest BCUT2D eigenvalue weighted by atomic mass is 16.5. The number of esters is 1. The average Bonchev–Trinajstić information content (AvgIpc) is 2.36. The lowest BCUT2D eigenvalue weighted by atomic mass is 10.1. The number of carbonyl (C=O) groups excluding carboxylic acids is 1. The summed E-state index contributed by atoms with van der Waals surface area (Å²) in [7, 11) is 0. The van der Waals surface area contributed by atoms with Crippen molar-refractivity contribution in [3.63, 3.8) is 0 Å². The molecule has 0 saturated heterocycles. The molecule has 0 unspecified atom stereocenters. The van der Waals surface area contributed by atoms with Crippen molar-refractivity contribution in [2.45, 2.75) is 5.60 Å². The summed E-state index contributed by atoms with van der Waals surface area (Å²) in [5, 5.41) is 18.4. The first-order chi connectivity index (χ1) is 7.61. The summed E-state index contributed by atoms with van der Waals surface area (Å²) in [5.74, 6) is -0.547. The summed E-state index contributed by atoms with van der Waals surface area (Å²) in [6, 6.07) is 8.41. The summed E-state index contributed by atoms with van der Waals surface area (Å²) >= 11 is 0. The van der Waals surface area contributed by atoms with Gasteiger partial charge in [0.15, 0.2) is 0 Å². The van der Waals surface area contributed by atoms with E-state index in [2.05, 4.69) is 6.58 Å². The van der Waals surface area contributed by atoms with Crippen LogP contribution in [0.5, 0.6) is 0 Å². The van der Waals surface area contributed by atoms with Crippen LogP contribution in [0.3, 0.4) is 0 Å². The highest BCUT2D eigenvalue weighted by Crippen LogP contribution is 2.08. The number of aliphatic hydroxyl groups is 2. The molecule has 0 aliphatic rings. The van der Waals surface area contributed by atoms with Gasteiger partial charge in [0, 0.05) is 0 Å². The van der Waals surface area contributed by atoms with E-state index in [0.717, 1.165) is 6.08 Å². The van der Waals surface area contributed by atoms with E-state index in [0.29, 0.717) is 5.56 Å². The van der Waals surface area contributed by atoms with E-state index in [9.17, 15) is 9.90 Å². The molecule has 1 aromatic carbocycles. The molecule has 1 rings (SSSR count). The predicted molar refractivity (Wildman–Crippen MR) is 59.0 cm³/mol. The first-order valence-corrected chi connectivity index (χ1v) is 4.80. The van der Waals surface area contributed by atoms with Crippen LogP contribution in [0.15, 0.2) is 43.0 Å². The molecule has 2 N–H and O–H groups in total. The van der Waals surface area contributed by atoms with Crippen molar-refractivity contribution in [3.05, 3.63) is 48.6 Å². The van der Waals surface area contributed by atoms with E-state index >= 15 is 0 Å². The number of benzene rings is 1. The minimum atomic E-state index is -1.58. The van der Waals surface area contributed by atoms with Gasteiger partial charge in [-0.3, -0.25) is 0 Å². The fraction of sp³-hybridized carbons (Fsp3) is 0.250. The third-order valence-corrected chi connectivity index (χ3v) is 2.12. The Morgan fingerprint density at radius 3 is 2.56 bits per heavy atom. The number of hydrogen-bond donors (Lipinski definition) is 2. The molecule has 4 heteroatoms. The minimum absolute atomic E-state index is 0.319. The fourth-order valence-electron chi connectivity index (χ4n) is 1.02. The summed E-state index contributed by atoms with van der Waals surface area (Å²) < 4.78 is 4.85. The lowest BCUT2D eigenvalue weighted by Crippen LogP contribution is -2.37. The normalized spacial score (nSPS) is 13.9. The monoisotopic (exact) mass is 222 g/mol. The SMILES string of the molecule is C=C[C@@](O)(CO)COC(=O)c1ccccc1. The van der Waals surface area contributed by atoms with Gasteiger partial charge in [-0.2, -0.15) is 0 Å². The Labute approximate surface area is 93.8 Å². The van der Waals surface area contributed by atoms with Crippen molar-refractivity contribution >= 4 is 5.97 Å². The molecule has 1 atom stereocenters. The van der Waals surface area contributed by atoms with Gasteiger partial charge in [0.2, 0.25) is 0 Å². The number of hydrogen-bond acceptors (Lipinski definition) is 4. The molecule has 0 aliphatic carbocycles. The molecule has 86 valence electrons. The molecule has 4 nitrogen and oxygen atoms in total. The Morgan fingerprint density at radius 2 is 2.06 bits per heavy atom. The Morgan fingerprint density at radius 1 is 1.44 bits per heavy atom. The van der Waals surface area contributed by atoms with Gasteiger partial charge < -0.3 is 14.9 Å². The van der Waals surface area contributed by atoms with Crippen LogP contribution < -0.4 is 0 Å². The topological polar surface area (TPSA) is 66.8 Å². The number of rotatable bonds is 5. The van der Waals surface area contributed by atoms with E-state index in [1.165, 1.54) is 0 Å². The maximum atomic E-state index is 11.5. The van der Waals surface area contributed by atoms with Gasteiger partial charge in [-0.15, -0.1) is 6.58 Å². The molecule has 0 radical (unpaired) electrons. The smallest absolute Gasteiger partial charge is 0.338 e. The minimum Gasteiger partial charge on any atom is -0.459 e. The van der Waals surface area contributed by atoms with Gasteiger partial charge in [0.05, 0.1) is 12.2 Å². The van der Waals surface area contributed by atoms with Crippen LogP contribution in [-0.2, 0) is 4.74 Å². The Hall–Kier alpha value is -1.65. The van der Waals surface area contributed by atoms with Crippen molar-refractivity contribution in [1.29, 1.82) is 0 Å². The standard InChI is InChI=1S/C12H14O4/c1-2-12(15,8-13)9-16-11(14)10-6-4-3-5-7-10/h2-7,13,15H,1,8-9H2/t12-/m1/s1. The number of carbonyl (C=O) groups is 1. The fourth-order valence-corrected chi connectivity index (χ4v) is 1.02. The zero-order chi connectivity index (χ0) is 12.0. The molecule has 0 amide bonds. The third-order valence-electron chi connectivity index (χ3n) is 2.12. The highest BCUT2D eigenvalue weighted by Gasteiger charge is 2.24. The largest absolute Gasteiger partial charge is 0.459 e. The molecule has 0 aliphatic heterocycles. The van der Waals surface area contributed by atoms with Gasteiger partial charge in [0.1, 0.15) is 12.2 Å². The summed E-state index contributed by atoms with van der Waals surface area (Å²) in [5.41, 5.74) is -1.18. The van der Waals surface area contributed by atoms with Gasteiger partial charge in [-0.1, -0.05) is 24.3 Å². The quantitative estimate of drug-likeness (QED) is 0.570. The zero-order valence-corrected chi connectivity index (χ0v) is 8.80. The van der Waals surface area contributed by atoms with Crippen LogP contribution in [0.2, 0.25) is 0 Å². The van der Waals surface area contributed by atoms with Crippen LogP contribution in [0.1, 0.15) is 10.4 Å². The van der Waals surface area contributed by atoms with Gasteiger partial charge in [0.25, 0.3) is 0 Å². The van der Waals surface area contributed by atoms with Crippen molar-refractivity contribution < 1.29 is 19.7 Å². The molecule has 0 spiro atoms. The van der Waals surface area contributed by atoms with E-state index < -0.39 is 18.2 Å². The maximum absolute atomic E-state index is 11.5. The molecule has 0 aromatic heterocycles.